The average Bonchev–Trinajstić information content (AvgIpc) is 3.31. The van der Waals surface area contributed by atoms with Crippen molar-refractivity contribution in [3.63, 3.8) is 0 Å². The molecule has 1 aromatic carbocycles. The van der Waals surface area contributed by atoms with Gasteiger partial charge in [0.25, 0.3) is 5.91 Å². The van der Waals surface area contributed by atoms with Gasteiger partial charge in [0.2, 0.25) is 11.9 Å². The minimum absolute atomic E-state index is 0.00425. The van der Waals surface area contributed by atoms with Crippen LogP contribution >= 0.6 is 0 Å². The van der Waals surface area contributed by atoms with E-state index >= 15 is 0 Å². The number of methoxy groups -OCH3 is 1. The summed E-state index contributed by atoms with van der Waals surface area (Å²) in [6, 6.07) is 5.24. The van der Waals surface area contributed by atoms with Crippen LogP contribution in [0.2, 0.25) is 0 Å². The molecule has 0 saturated heterocycles. The van der Waals surface area contributed by atoms with Crippen molar-refractivity contribution in [2.75, 3.05) is 115 Å². The van der Waals surface area contributed by atoms with Crippen LogP contribution in [0, 0.1) is 0 Å². The van der Waals surface area contributed by atoms with E-state index in [-0.39, 0.29) is 24.4 Å². The van der Waals surface area contributed by atoms with Gasteiger partial charge >= 0.3 is 5.97 Å². The molecule has 16 heteroatoms. The first-order chi connectivity index (χ1) is 30.6. The summed E-state index contributed by atoms with van der Waals surface area (Å²) < 4.78 is 27.6. The van der Waals surface area contributed by atoms with Crippen molar-refractivity contribution in [1.29, 1.82) is 0 Å². The van der Waals surface area contributed by atoms with Gasteiger partial charge in [-0.15, -0.1) is 0 Å². The number of amides is 2. The number of carboxylic acids is 1. The van der Waals surface area contributed by atoms with Crippen LogP contribution in [0.25, 0.3) is 0 Å². The molecule has 63 heavy (non-hydrogen) atoms. The van der Waals surface area contributed by atoms with Crippen molar-refractivity contribution in [1.82, 2.24) is 20.2 Å². The van der Waals surface area contributed by atoms with Gasteiger partial charge in [0.05, 0.1) is 78.4 Å². The van der Waals surface area contributed by atoms with Gasteiger partial charge < -0.3 is 54.1 Å². The van der Waals surface area contributed by atoms with Crippen LogP contribution in [0.1, 0.15) is 118 Å². The molecule has 2 amide bonds. The maximum Gasteiger partial charge on any atom is 0.328 e. The van der Waals surface area contributed by atoms with E-state index in [4.69, 9.17) is 33.8 Å². The van der Waals surface area contributed by atoms with Crippen LogP contribution in [0.15, 0.2) is 36.5 Å². The fourth-order valence-corrected chi connectivity index (χ4v) is 5.67. The summed E-state index contributed by atoms with van der Waals surface area (Å²) in [6.07, 6.45) is 11.7. The third kappa shape index (κ3) is 26.1. The van der Waals surface area contributed by atoms with Crippen molar-refractivity contribution in [2.24, 2.45) is 0 Å². The summed E-state index contributed by atoms with van der Waals surface area (Å²) in [4.78, 5) is 50.7. The summed E-state index contributed by atoms with van der Waals surface area (Å²) >= 11 is 0. The lowest BCUT2D eigenvalue weighted by Crippen LogP contribution is -2.48. The third-order valence-corrected chi connectivity index (χ3v) is 9.06. The van der Waals surface area contributed by atoms with E-state index in [0.29, 0.717) is 107 Å². The Morgan fingerprint density at radius 2 is 1.43 bits per heavy atom. The first-order valence-electron chi connectivity index (χ1n) is 23.1. The van der Waals surface area contributed by atoms with Crippen LogP contribution in [0.4, 0.5) is 23.1 Å². The number of anilines is 4. The smallest absolute Gasteiger partial charge is 0.328 e. The number of benzene rings is 1. The van der Waals surface area contributed by atoms with Crippen LogP contribution in [0.5, 0.6) is 5.75 Å². The molecule has 0 radical (unpaired) electrons. The summed E-state index contributed by atoms with van der Waals surface area (Å²) in [5, 5.41) is 14.6. The fraction of sp³-hybridized carbons (Fsp3) is 0.681. The number of ether oxygens (including phenoxy) is 5. The topological polar surface area (TPSA) is 177 Å². The highest BCUT2D eigenvalue weighted by Crippen LogP contribution is 2.35. The molecular formula is C47H85N7O9. The van der Waals surface area contributed by atoms with Gasteiger partial charge in [-0.1, -0.05) is 101 Å². The molecule has 2 heterocycles. The zero-order valence-electron chi connectivity index (χ0n) is 41.2. The van der Waals surface area contributed by atoms with E-state index in [2.05, 4.69) is 43.3 Å². The molecule has 1 aliphatic rings. The molecule has 16 nitrogen and oxygen atoms in total. The van der Waals surface area contributed by atoms with E-state index in [1.54, 1.807) is 42.4 Å². The van der Waals surface area contributed by atoms with Crippen molar-refractivity contribution >= 4 is 40.9 Å². The molecule has 0 spiro atoms. The Balaban J connectivity index is 0. The molecular weight excluding hydrogens is 807 g/mol. The second kappa shape index (κ2) is 40.4. The predicted molar refractivity (Wildman–Crippen MR) is 257 cm³/mol. The van der Waals surface area contributed by atoms with Gasteiger partial charge in [-0.2, -0.15) is 4.98 Å². The lowest BCUT2D eigenvalue weighted by Gasteiger charge is -2.38. The van der Waals surface area contributed by atoms with Gasteiger partial charge in [-0.3, -0.25) is 9.59 Å². The minimum atomic E-state index is -0.955. The number of carbonyl (C=O) groups is 3. The van der Waals surface area contributed by atoms with E-state index in [9.17, 15) is 14.4 Å². The summed E-state index contributed by atoms with van der Waals surface area (Å²) in [5.41, 5.74) is 1.68. The van der Waals surface area contributed by atoms with E-state index in [1.165, 1.54) is 32.8 Å². The zero-order valence-corrected chi connectivity index (χ0v) is 41.2. The standard InChI is InChI=1S/C35H53N7O9.C6H14.3C2H6/c1-6-27(7-2)42-25-31(43)41(4)29-24-37-35(39-33(29)42)38-28-11-10-26(23-30(28)47-5)34(46)36-12-15-48-17-19-50-21-22-51-20-18-49-16-14-40(3)13-8-9-32(44)45;1-3-5-6-4-2;3*1-2/h8-11,23-24,27H,6-7,12-22,25H2,1-5H3,(H,36,46)(H,44,45)(H,37,38,39);3-6H2,1-2H3;3*1-2H3/b9-8+;;;;. The molecule has 362 valence electrons. The van der Waals surface area contributed by atoms with Crippen LogP contribution in [-0.2, 0) is 28.5 Å². The SMILES string of the molecule is CC.CC.CC.CCC(CC)N1CC(=O)N(C)c2cnc(Nc3ccc(C(=O)NCCOCCOCCOCCOCCN(C)C/C=C/C(=O)O)cc3OC)nc21.CCCCCC. The second-order valence-electron chi connectivity index (χ2n) is 13.4. The van der Waals surface area contributed by atoms with Crippen molar-refractivity contribution in [3.05, 3.63) is 42.1 Å². The van der Waals surface area contributed by atoms with E-state index < -0.39 is 5.97 Å². The Bertz CT molecular complexity index is 1490. The number of nitrogens with one attached hydrogen (secondary N) is 2. The Morgan fingerprint density at radius 3 is 1.95 bits per heavy atom. The van der Waals surface area contributed by atoms with Gasteiger partial charge in [-0.05, 0) is 38.1 Å². The monoisotopic (exact) mass is 892 g/mol. The zero-order chi connectivity index (χ0) is 47.8. The van der Waals surface area contributed by atoms with Crippen LogP contribution in [-0.4, -0.2) is 144 Å². The minimum Gasteiger partial charge on any atom is -0.495 e. The molecule has 0 bridgehead atoms. The largest absolute Gasteiger partial charge is 0.495 e. The first-order valence-corrected chi connectivity index (χ1v) is 23.1. The predicted octanol–water partition coefficient (Wildman–Crippen LogP) is 8.23. The number of likely N-dealkylation sites (N-methyl/N-ethyl adjacent to an activating group) is 2. The summed E-state index contributed by atoms with van der Waals surface area (Å²) in [6.45, 7) is 25.9. The first kappa shape index (κ1) is 60.7. The van der Waals surface area contributed by atoms with Gasteiger partial charge in [0.15, 0.2) is 5.82 Å². The van der Waals surface area contributed by atoms with Gasteiger partial charge in [0, 0.05) is 44.4 Å². The Kier molecular flexibility index (Phi) is 39.0. The number of fused-ring (bicyclic) bond motifs is 1. The number of nitrogens with zero attached hydrogens (tertiary/aromatic N) is 5. The highest BCUT2D eigenvalue weighted by atomic mass is 16.6. The average molecular weight is 892 g/mol. The van der Waals surface area contributed by atoms with E-state index in [1.807, 2.05) is 58.4 Å². The number of aliphatic carboxylic acids is 1. The number of hydrogen-bond acceptors (Lipinski definition) is 13. The molecule has 0 unspecified atom stereocenters. The number of carboxylic acid groups (broad SMARTS) is 1. The summed E-state index contributed by atoms with van der Waals surface area (Å²) in [5.74, 6) is 0.273. The molecule has 3 N–H and O–H groups in total. The van der Waals surface area contributed by atoms with Crippen molar-refractivity contribution in [3.8, 4) is 5.75 Å². The van der Waals surface area contributed by atoms with Gasteiger partial charge in [-0.25, -0.2) is 9.78 Å². The summed E-state index contributed by atoms with van der Waals surface area (Å²) in [7, 11) is 5.15. The second-order valence-corrected chi connectivity index (χ2v) is 13.4. The van der Waals surface area contributed by atoms with Crippen LogP contribution < -0.4 is 25.2 Å². The Labute approximate surface area is 380 Å². The molecule has 0 atom stereocenters. The highest BCUT2D eigenvalue weighted by Gasteiger charge is 2.32. The molecule has 1 aliphatic heterocycles. The number of aromatic nitrogens is 2. The normalized spacial score (nSPS) is 11.6. The quantitative estimate of drug-likeness (QED) is 0.0550. The number of carbonyl (C=O) groups excluding carboxylic acids is 2. The number of unbranched alkanes of at least 4 members (excludes halogenated alkanes) is 3. The Hall–Kier alpha value is -4.35. The Morgan fingerprint density at radius 1 is 0.873 bits per heavy atom. The molecule has 0 saturated carbocycles. The van der Waals surface area contributed by atoms with Crippen LogP contribution in [0.3, 0.4) is 0 Å². The molecule has 3 rings (SSSR count). The molecule has 0 aliphatic carbocycles. The molecule has 0 fully saturated rings. The maximum atomic E-state index is 12.8. The van der Waals surface area contributed by atoms with E-state index in [0.717, 1.165) is 18.9 Å². The highest BCUT2D eigenvalue weighted by molar-refractivity contribution is 6.02. The van der Waals surface area contributed by atoms with Gasteiger partial charge in [0.1, 0.15) is 11.4 Å². The third-order valence-electron chi connectivity index (χ3n) is 9.06. The van der Waals surface area contributed by atoms with Crippen molar-refractivity contribution in [2.45, 2.75) is 114 Å². The maximum absolute atomic E-state index is 12.8. The lowest BCUT2D eigenvalue weighted by molar-refractivity contribution is -0.131. The number of hydrogen-bond donors (Lipinski definition) is 3. The molecule has 2 aromatic rings. The number of rotatable bonds is 28. The van der Waals surface area contributed by atoms with Crippen molar-refractivity contribution < 1.29 is 43.2 Å². The fourth-order valence-electron chi connectivity index (χ4n) is 5.67. The molecule has 1 aromatic heterocycles. The lowest BCUT2D eigenvalue weighted by atomic mass is 10.1.